The molecule has 2 aromatic heterocycles. The number of Topliss-reactive ketones (excluding diaryl/α,β-unsaturated/α-hetero) is 1. The predicted octanol–water partition coefficient (Wildman–Crippen LogP) is 4.58. The Morgan fingerprint density at radius 2 is 1.94 bits per heavy atom. The number of fused-ring (bicyclic) bond motifs is 1. The van der Waals surface area contributed by atoms with Gasteiger partial charge in [-0.15, -0.1) is 11.3 Å². The average molecular weight is 468 g/mol. The van der Waals surface area contributed by atoms with E-state index in [2.05, 4.69) is 10.3 Å². The maximum Gasteiger partial charge on any atom is 0.272 e. The number of nitrogens with zero attached hydrogens (tertiary/aromatic N) is 2. The quantitative estimate of drug-likeness (QED) is 0.244. The monoisotopic (exact) mass is 467 g/mol. The summed E-state index contributed by atoms with van der Waals surface area (Å²) in [5.74, 6) is -0.708. The molecule has 0 aliphatic heterocycles. The summed E-state index contributed by atoms with van der Waals surface area (Å²) in [5, 5.41) is 4.96. The van der Waals surface area contributed by atoms with Crippen LogP contribution in [0.2, 0.25) is 0 Å². The summed E-state index contributed by atoms with van der Waals surface area (Å²) >= 11 is 2.45. The minimum Gasteiger partial charge on any atom is -0.325 e. The molecule has 1 N–H and O–H groups in total. The van der Waals surface area contributed by atoms with Crippen molar-refractivity contribution in [2.45, 2.75) is 18.6 Å². The van der Waals surface area contributed by atoms with Crippen molar-refractivity contribution >= 4 is 50.7 Å². The fraction of sp³-hybridized carbons (Fsp3) is 0.130. The van der Waals surface area contributed by atoms with E-state index >= 15 is 0 Å². The Morgan fingerprint density at radius 3 is 2.69 bits per heavy atom. The molecule has 0 atom stereocenters. The van der Waals surface area contributed by atoms with E-state index in [0.717, 1.165) is 17.3 Å². The molecule has 4 rings (SSSR count). The predicted molar refractivity (Wildman–Crippen MR) is 125 cm³/mol. The molecule has 0 saturated carbocycles. The molecule has 0 aliphatic carbocycles. The van der Waals surface area contributed by atoms with Gasteiger partial charge in [0, 0.05) is 11.3 Å². The van der Waals surface area contributed by atoms with Crippen LogP contribution in [-0.2, 0) is 11.3 Å². The minimum atomic E-state index is -0.354. The Balaban J connectivity index is 1.56. The molecule has 32 heavy (non-hydrogen) atoms. The summed E-state index contributed by atoms with van der Waals surface area (Å²) in [7, 11) is 0. The van der Waals surface area contributed by atoms with Gasteiger partial charge in [0.05, 0.1) is 17.8 Å². The molecule has 0 radical (unpaired) electrons. The van der Waals surface area contributed by atoms with Crippen LogP contribution in [0.4, 0.5) is 10.1 Å². The highest BCUT2D eigenvalue weighted by Gasteiger charge is 2.15. The number of rotatable bonds is 7. The number of thiophene rings is 1. The lowest BCUT2D eigenvalue weighted by molar-refractivity contribution is -0.113. The molecular formula is C23H18FN3O3S2. The van der Waals surface area contributed by atoms with Crippen LogP contribution in [-0.4, -0.2) is 27.0 Å². The molecule has 2 heterocycles. The molecule has 2 aromatic carbocycles. The summed E-state index contributed by atoms with van der Waals surface area (Å²) in [6, 6.07) is 14.4. The number of benzene rings is 2. The van der Waals surface area contributed by atoms with E-state index in [-0.39, 0.29) is 35.4 Å². The van der Waals surface area contributed by atoms with Gasteiger partial charge in [-0.1, -0.05) is 36.0 Å². The van der Waals surface area contributed by atoms with Crippen molar-refractivity contribution in [3.63, 3.8) is 0 Å². The van der Waals surface area contributed by atoms with Crippen LogP contribution in [0.5, 0.6) is 0 Å². The molecule has 0 aliphatic rings. The Kier molecular flexibility index (Phi) is 6.48. The fourth-order valence-electron chi connectivity index (χ4n) is 3.09. The second-order valence-electron chi connectivity index (χ2n) is 7.02. The number of thioether (sulfide) groups is 1. The number of carbonyl (C=O) groups is 2. The highest BCUT2D eigenvalue weighted by Crippen LogP contribution is 2.22. The van der Waals surface area contributed by atoms with Crippen molar-refractivity contribution in [2.24, 2.45) is 0 Å². The topological polar surface area (TPSA) is 81.1 Å². The average Bonchev–Trinajstić information content (AvgIpc) is 3.25. The number of aromatic nitrogens is 2. The van der Waals surface area contributed by atoms with Crippen molar-refractivity contribution in [3.8, 4) is 0 Å². The molecule has 162 valence electrons. The van der Waals surface area contributed by atoms with Gasteiger partial charge in [0.2, 0.25) is 5.91 Å². The van der Waals surface area contributed by atoms with Gasteiger partial charge in [-0.2, -0.15) is 0 Å². The Morgan fingerprint density at radius 1 is 1.16 bits per heavy atom. The molecule has 0 bridgehead atoms. The maximum absolute atomic E-state index is 13.3. The lowest BCUT2D eigenvalue weighted by Crippen LogP contribution is -2.24. The van der Waals surface area contributed by atoms with E-state index in [1.807, 2.05) is 0 Å². The van der Waals surface area contributed by atoms with Gasteiger partial charge in [0.1, 0.15) is 10.5 Å². The standard InChI is InChI=1S/C23H18FN3O3S2/c1-14(28)16-3-2-4-18(11-16)25-20(29)13-32-23-26-19-9-10-31-21(19)22(30)27(23)12-15-5-7-17(24)8-6-15/h2-11H,12-13H2,1H3,(H,25,29). The zero-order chi connectivity index (χ0) is 22.7. The van der Waals surface area contributed by atoms with E-state index < -0.39 is 0 Å². The summed E-state index contributed by atoms with van der Waals surface area (Å²) in [6.07, 6.45) is 0. The van der Waals surface area contributed by atoms with E-state index in [0.29, 0.717) is 26.6 Å². The van der Waals surface area contributed by atoms with Gasteiger partial charge in [-0.25, -0.2) is 9.37 Å². The number of halogens is 1. The van der Waals surface area contributed by atoms with Gasteiger partial charge in [-0.05, 0) is 48.2 Å². The molecule has 6 nitrogen and oxygen atoms in total. The number of hydrogen-bond acceptors (Lipinski definition) is 6. The molecule has 9 heteroatoms. The second kappa shape index (κ2) is 9.46. The molecule has 0 spiro atoms. The Labute approximate surface area is 191 Å². The van der Waals surface area contributed by atoms with Crippen molar-refractivity contribution < 1.29 is 14.0 Å². The SMILES string of the molecule is CC(=O)c1cccc(NC(=O)CSc2nc3ccsc3c(=O)n2Cc2ccc(F)cc2)c1. The smallest absolute Gasteiger partial charge is 0.272 e. The lowest BCUT2D eigenvalue weighted by atomic mass is 10.1. The fourth-order valence-corrected chi connectivity index (χ4v) is 4.67. The van der Waals surface area contributed by atoms with E-state index in [4.69, 9.17) is 0 Å². The molecular weight excluding hydrogens is 449 g/mol. The van der Waals surface area contributed by atoms with E-state index in [1.165, 1.54) is 35.0 Å². The largest absolute Gasteiger partial charge is 0.325 e. The van der Waals surface area contributed by atoms with Gasteiger partial charge >= 0.3 is 0 Å². The van der Waals surface area contributed by atoms with Crippen LogP contribution in [0.3, 0.4) is 0 Å². The third-order valence-corrected chi connectivity index (χ3v) is 6.54. The first-order valence-electron chi connectivity index (χ1n) is 9.67. The third kappa shape index (κ3) is 4.95. The summed E-state index contributed by atoms with van der Waals surface area (Å²) in [5.41, 5.74) is 2.15. The highest BCUT2D eigenvalue weighted by atomic mass is 32.2. The minimum absolute atomic E-state index is 0.0236. The first kappa shape index (κ1) is 21.9. The van der Waals surface area contributed by atoms with Crippen LogP contribution >= 0.6 is 23.1 Å². The van der Waals surface area contributed by atoms with Crippen LogP contribution in [0.1, 0.15) is 22.8 Å². The molecule has 0 fully saturated rings. The zero-order valence-corrected chi connectivity index (χ0v) is 18.6. The highest BCUT2D eigenvalue weighted by molar-refractivity contribution is 7.99. The van der Waals surface area contributed by atoms with Gasteiger partial charge in [0.15, 0.2) is 10.9 Å². The van der Waals surface area contributed by atoms with Gasteiger partial charge in [0.25, 0.3) is 5.56 Å². The van der Waals surface area contributed by atoms with Crippen molar-refractivity contribution in [2.75, 3.05) is 11.1 Å². The van der Waals surface area contributed by atoms with Crippen LogP contribution < -0.4 is 10.9 Å². The lowest BCUT2D eigenvalue weighted by Gasteiger charge is -2.12. The van der Waals surface area contributed by atoms with Crippen LogP contribution in [0.15, 0.2) is 69.9 Å². The first-order valence-corrected chi connectivity index (χ1v) is 11.5. The summed E-state index contributed by atoms with van der Waals surface area (Å²) < 4.78 is 15.3. The summed E-state index contributed by atoms with van der Waals surface area (Å²) in [6.45, 7) is 1.67. The third-order valence-electron chi connectivity index (χ3n) is 4.67. The normalized spacial score (nSPS) is 10.9. The van der Waals surface area contributed by atoms with Crippen molar-refractivity contribution in [1.82, 2.24) is 9.55 Å². The van der Waals surface area contributed by atoms with E-state index in [1.54, 1.807) is 47.8 Å². The molecule has 1 amide bonds. The number of hydrogen-bond donors (Lipinski definition) is 1. The Bertz CT molecular complexity index is 1360. The number of ketones is 1. The molecule has 4 aromatic rings. The molecule has 0 unspecified atom stereocenters. The van der Waals surface area contributed by atoms with E-state index in [9.17, 15) is 18.8 Å². The Hall–Kier alpha value is -3.30. The van der Waals surface area contributed by atoms with Crippen molar-refractivity contribution in [3.05, 3.63) is 87.3 Å². The van der Waals surface area contributed by atoms with Gasteiger partial charge in [-0.3, -0.25) is 19.0 Å². The number of amides is 1. The van der Waals surface area contributed by atoms with Crippen molar-refractivity contribution in [1.29, 1.82) is 0 Å². The van der Waals surface area contributed by atoms with Crippen LogP contribution in [0, 0.1) is 5.82 Å². The van der Waals surface area contributed by atoms with Crippen LogP contribution in [0.25, 0.3) is 10.2 Å². The number of carbonyl (C=O) groups excluding carboxylic acids is 2. The second-order valence-corrected chi connectivity index (χ2v) is 8.88. The molecule has 0 saturated heterocycles. The summed E-state index contributed by atoms with van der Waals surface area (Å²) in [4.78, 5) is 41.6. The first-order chi connectivity index (χ1) is 15.4. The maximum atomic E-state index is 13.3. The van der Waals surface area contributed by atoms with Gasteiger partial charge < -0.3 is 5.32 Å². The number of anilines is 1. The zero-order valence-electron chi connectivity index (χ0n) is 17.0. The number of nitrogens with one attached hydrogen (secondary N) is 1.